The molecule has 1 aliphatic heterocycles. The number of anilines is 1. The van der Waals surface area contributed by atoms with Crippen LogP contribution in [0, 0.1) is 35.5 Å². The second-order valence-corrected chi connectivity index (χ2v) is 10.5. The number of hydrogen-bond donors (Lipinski definition) is 1. The van der Waals surface area contributed by atoms with E-state index in [4.69, 9.17) is 4.74 Å². The molecule has 3 aromatic carbocycles. The minimum atomic E-state index is -0.379. The van der Waals surface area contributed by atoms with E-state index in [0.717, 1.165) is 17.5 Å². The molecule has 3 amide bonds. The molecule has 1 saturated heterocycles. The smallest absolute Gasteiger partial charge is 0.244 e. The summed E-state index contributed by atoms with van der Waals surface area (Å²) >= 11 is 0. The van der Waals surface area contributed by atoms with Crippen LogP contribution in [0.5, 0.6) is 11.5 Å². The molecule has 0 unspecified atom stereocenters. The van der Waals surface area contributed by atoms with E-state index in [2.05, 4.69) is 29.6 Å². The van der Waals surface area contributed by atoms with Crippen molar-refractivity contribution in [1.82, 2.24) is 4.90 Å². The number of likely N-dealkylation sites (tertiary alicyclic amines) is 1. The Bertz CT molecular complexity index is 1380. The monoisotopic (exact) mass is 490 g/mol. The van der Waals surface area contributed by atoms with E-state index in [9.17, 15) is 14.4 Å². The third kappa shape index (κ3) is 3.75. The van der Waals surface area contributed by atoms with Crippen molar-refractivity contribution in [2.45, 2.75) is 6.42 Å². The molecule has 4 aliphatic carbocycles. The van der Waals surface area contributed by atoms with Crippen LogP contribution in [0.1, 0.15) is 6.42 Å². The Kier molecular flexibility index (Phi) is 5.03. The zero-order chi connectivity index (χ0) is 25.1. The minimum absolute atomic E-state index is 0.159. The summed E-state index contributed by atoms with van der Waals surface area (Å²) in [5, 5.41) is 2.81. The number of allylic oxidation sites excluding steroid dienone is 2. The highest BCUT2D eigenvalue weighted by Crippen LogP contribution is 2.65. The summed E-state index contributed by atoms with van der Waals surface area (Å²) in [6.45, 7) is -0.245. The van der Waals surface area contributed by atoms with Gasteiger partial charge in [-0.15, -0.1) is 0 Å². The zero-order valence-electron chi connectivity index (χ0n) is 20.1. The average molecular weight is 491 g/mol. The Hall–Kier alpha value is -4.19. The van der Waals surface area contributed by atoms with Gasteiger partial charge in [-0.25, -0.2) is 0 Å². The fourth-order valence-electron chi connectivity index (χ4n) is 6.61. The normalized spacial score (nSPS) is 28.6. The maximum absolute atomic E-state index is 13.1. The third-order valence-corrected chi connectivity index (χ3v) is 8.39. The van der Waals surface area contributed by atoms with E-state index < -0.39 is 0 Å². The molecule has 6 heteroatoms. The lowest BCUT2D eigenvalue weighted by molar-refractivity contribution is -0.142. The van der Waals surface area contributed by atoms with Crippen LogP contribution in [0.25, 0.3) is 11.1 Å². The fraction of sp³-hybridized carbons (Fsp3) is 0.258. The summed E-state index contributed by atoms with van der Waals surface area (Å²) in [6, 6.07) is 25.1. The molecule has 0 radical (unpaired) electrons. The summed E-state index contributed by atoms with van der Waals surface area (Å²) < 4.78 is 5.94. The summed E-state index contributed by atoms with van der Waals surface area (Å²) in [6.07, 6.45) is 5.39. The Labute approximate surface area is 214 Å². The fourth-order valence-corrected chi connectivity index (χ4v) is 6.61. The van der Waals surface area contributed by atoms with Gasteiger partial charge in [-0.1, -0.05) is 54.6 Å². The molecule has 8 rings (SSSR count). The van der Waals surface area contributed by atoms with Crippen molar-refractivity contribution in [2.24, 2.45) is 35.5 Å². The second kappa shape index (κ2) is 8.44. The quantitative estimate of drug-likeness (QED) is 0.384. The predicted octanol–water partition coefficient (Wildman–Crippen LogP) is 5.14. The van der Waals surface area contributed by atoms with Gasteiger partial charge in [0.25, 0.3) is 0 Å². The first-order valence-corrected chi connectivity index (χ1v) is 12.8. The Balaban J connectivity index is 0.966. The molecule has 2 bridgehead atoms. The van der Waals surface area contributed by atoms with Crippen molar-refractivity contribution in [3.63, 3.8) is 0 Å². The zero-order valence-corrected chi connectivity index (χ0v) is 20.1. The molecule has 3 fully saturated rings. The highest BCUT2D eigenvalue weighted by Gasteiger charge is 2.67. The number of imide groups is 1. The van der Waals surface area contributed by atoms with Gasteiger partial charge in [0.15, 0.2) is 0 Å². The third-order valence-electron chi connectivity index (χ3n) is 8.39. The molecule has 1 N–H and O–H groups in total. The molecule has 6 atom stereocenters. The number of ether oxygens (including phenoxy) is 1. The lowest BCUT2D eigenvalue weighted by atomic mass is 9.63. The topological polar surface area (TPSA) is 75.7 Å². The molecule has 3 aromatic rings. The molecular formula is C31H26N2O4. The van der Waals surface area contributed by atoms with Crippen LogP contribution in [0.15, 0.2) is 91.0 Å². The lowest BCUT2D eigenvalue weighted by Gasteiger charge is -2.37. The SMILES string of the molecule is O=C(CN1C(=O)[C@H]2[C@@H]3C=C[C@@H]([C@H]4C[C@H]34)[C@@H]2C1=O)Nc1ccc(Oc2ccc(-c3ccccc3)cc2)cc1. The van der Waals surface area contributed by atoms with Gasteiger partial charge in [-0.2, -0.15) is 0 Å². The maximum Gasteiger partial charge on any atom is 0.244 e. The molecule has 37 heavy (non-hydrogen) atoms. The second-order valence-electron chi connectivity index (χ2n) is 10.5. The standard InChI is InChI=1S/C31H26N2O4/c34-27(17-33-30(35)28-23-14-15-24(26-16-25(23)26)29(28)31(33)36)32-20-8-12-22(13-9-20)37-21-10-6-19(7-11-21)18-4-2-1-3-5-18/h1-15,23-26,28-29H,16-17H2,(H,32,34)/t23-,24+,25-,26-,28+,29+/m1/s1. The number of carbonyl (C=O) groups excluding carboxylic acids is 3. The van der Waals surface area contributed by atoms with Gasteiger partial charge in [0, 0.05) is 5.69 Å². The van der Waals surface area contributed by atoms with E-state index >= 15 is 0 Å². The van der Waals surface area contributed by atoms with Crippen LogP contribution < -0.4 is 10.1 Å². The van der Waals surface area contributed by atoms with Gasteiger partial charge in [-0.3, -0.25) is 19.3 Å². The van der Waals surface area contributed by atoms with Crippen molar-refractivity contribution >= 4 is 23.4 Å². The van der Waals surface area contributed by atoms with Crippen LogP contribution in [-0.2, 0) is 14.4 Å². The van der Waals surface area contributed by atoms with Gasteiger partial charge in [0.2, 0.25) is 17.7 Å². The molecule has 6 nitrogen and oxygen atoms in total. The highest BCUT2D eigenvalue weighted by atomic mass is 16.5. The molecule has 184 valence electrons. The van der Waals surface area contributed by atoms with E-state index in [1.54, 1.807) is 24.3 Å². The van der Waals surface area contributed by atoms with Crippen molar-refractivity contribution in [3.8, 4) is 22.6 Å². The molecule has 0 spiro atoms. The summed E-state index contributed by atoms with van der Waals surface area (Å²) in [7, 11) is 0. The number of benzene rings is 3. The molecular weight excluding hydrogens is 464 g/mol. The van der Waals surface area contributed by atoms with Crippen LogP contribution in [0.4, 0.5) is 5.69 Å². The molecule has 5 aliphatic rings. The van der Waals surface area contributed by atoms with Gasteiger partial charge >= 0.3 is 0 Å². The van der Waals surface area contributed by atoms with Crippen LogP contribution in [0.2, 0.25) is 0 Å². The van der Waals surface area contributed by atoms with E-state index in [-0.39, 0.29) is 47.9 Å². The van der Waals surface area contributed by atoms with Crippen LogP contribution in [0.3, 0.4) is 0 Å². The van der Waals surface area contributed by atoms with E-state index in [1.807, 2.05) is 42.5 Å². The average Bonchev–Trinajstić information content (AvgIpc) is 3.72. The Morgan fingerprint density at radius 3 is 1.89 bits per heavy atom. The maximum atomic E-state index is 13.1. The summed E-state index contributed by atoms with van der Waals surface area (Å²) in [5.74, 6) is 1.46. The van der Waals surface area contributed by atoms with E-state index in [0.29, 0.717) is 29.0 Å². The van der Waals surface area contributed by atoms with Gasteiger partial charge < -0.3 is 10.1 Å². The minimum Gasteiger partial charge on any atom is -0.457 e. The number of hydrogen-bond acceptors (Lipinski definition) is 4. The number of rotatable bonds is 6. The number of carbonyl (C=O) groups is 3. The Morgan fingerprint density at radius 1 is 0.757 bits per heavy atom. The van der Waals surface area contributed by atoms with Crippen molar-refractivity contribution in [1.29, 1.82) is 0 Å². The first-order chi connectivity index (χ1) is 18.1. The van der Waals surface area contributed by atoms with Gasteiger partial charge in [-0.05, 0) is 77.6 Å². The molecule has 2 saturated carbocycles. The van der Waals surface area contributed by atoms with Crippen molar-refractivity contribution in [3.05, 3.63) is 91.0 Å². The van der Waals surface area contributed by atoms with E-state index in [1.165, 1.54) is 4.90 Å². The summed E-state index contributed by atoms with van der Waals surface area (Å²) in [5.41, 5.74) is 2.84. The number of amides is 3. The Morgan fingerprint density at radius 2 is 1.30 bits per heavy atom. The number of nitrogens with one attached hydrogen (secondary N) is 1. The van der Waals surface area contributed by atoms with Crippen LogP contribution >= 0.6 is 0 Å². The molecule has 1 heterocycles. The van der Waals surface area contributed by atoms with Gasteiger partial charge in [0.05, 0.1) is 11.8 Å². The van der Waals surface area contributed by atoms with Crippen molar-refractivity contribution in [2.75, 3.05) is 11.9 Å². The number of nitrogens with zero attached hydrogens (tertiary/aromatic N) is 1. The molecule has 0 aromatic heterocycles. The van der Waals surface area contributed by atoms with Gasteiger partial charge in [0.1, 0.15) is 18.0 Å². The largest absolute Gasteiger partial charge is 0.457 e. The first kappa shape index (κ1) is 22.0. The predicted molar refractivity (Wildman–Crippen MR) is 138 cm³/mol. The highest BCUT2D eigenvalue weighted by molar-refractivity contribution is 6.09. The van der Waals surface area contributed by atoms with Crippen LogP contribution in [-0.4, -0.2) is 29.2 Å². The lowest BCUT2D eigenvalue weighted by Crippen LogP contribution is -2.40. The summed E-state index contributed by atoms with van der Waals surface area (Å²) in [4.78, 5) is 40.1. The van der Waals surface area contributed by atoms with Crippen molar-refractivity contribution < 1.29 is 19.1 Å². The first-order valence-electron chi connectivity index (χ1n) is 12.8.